The highest BCUT2D eigenvalue weighted by atomic mass is 19.2. The molecule has 18 heavy (non-hydrogen) atoms. The average molecular weight is 257 g/mol. The van der Waals surface area contributed by atoms with Crippen LogP contribution in [0.1, 0.15) is 10.4 Å². The van der Waals surface area contributed by atoms with Crippen molar-refractivity contribution in [2.75, 3.05) is 24.6 Å². The standard InChI is InChI=1S/C12H13F2NO3/c1-2-5-15(6-7-16)9-4-3-8(12(17)18)10(13)11(9)14/h2-4,16H,1,5-7H2,(H,17,18). The number of carboxylic acids is 1. The van der Waals surface area contributed by atoms with E-state index < -0.39 is 23.2 Å². The molecule has 0 aliphatic heterocycles. The second-order valence-corrected chi connectivity index (χ2v) is 3.52. The molecule has 0 atom stereocenters. The number of aliphatic hydroxyl groups excluding tert-OH is 1. The number of carboxylic acid groups (broad SMARTS) is 1. The number of anilines is 1. The van der Waals surface area contributed by atoms with E-state index in [2.05, 4.69) is 6.58 Å². The largest absolute Gasteiger partial charge is 0.478 e. The van der Waals surface area contributed by atoms with Crippen LogP contribution in [0.5, 0.6) is 0 Å². The van der Waals surface area contributed by atoms with Gasteiger partial charge in [-0.3, -0.25) is 0 Å². The Balaban J connectivity index is 3.20. The average Bonchev–Trinajstić information content (AvgIpc) is 2.32. The minimum absolute atomic E-state index is 0.0921. The van der Waals surface area contributed by atoms with Gasteiger partial charge in [0, 0.05) is 13.1 Å². The molecule has 98 valence electrons. The van der Waals surface area contributed by atoms with Crippen LogP contribution in [-0.4, -0.2) is 35.9 Å². The molecule has 0 spiro atoms. The van der Waals surface area contributed by atoms with Gasteiger partial charge in [-0.15, -0.1) is 6.58 Å². The van der Waals surface area contributed by atoms with E-state index in [4.69, 9.17) is 10.2 Å². The predicted octanol–water partition coefficient (Wildman–Crippen LogP) is 1.65. The number of carbonyl (C=O) groups is 1. The highest BCUT2D eigenvalue weighted by molar-refractivity contribution is 5.88. The number of aliphatic hydroxyl groups is 1. The Bertz CT molecular complexity index is 463. The van der Waals surface area contributed by atoms with Crippen LogP contribution in [0.25, 0.3) is 0 Å². The molecule has 6 heteroatoms. The van der Waals surface area contributed by atoms with Gasteiger partial charge in [0.2, 0.25) is 0 Å². The molecule has 0 heterocycles. The molecule has 0 aromatic heterocycles. The highest BCUT2D eigenvalue weighted by Crippen LogP contribution is 2.24. The molecule has 4 nitrogen and oxygen atoms in total. The fraction of sp³-hybridized carbons (Fsp3) is 0.250. The molecule has 1 rings (SSSR count). The number of aromatic carboxylic acids is 1. The van der Waals surface area contributed by atoms with E-state index in [-0.39, 0.29) is 25.4 Å². The van der Waals surface area contributed by atoms with Crippen LogP contribution >= 0.6 is 0 Å². The van der Waals surface area contributed by atoms with E-state index in [1.54, 1.807) is 0 Å². The van der Waals surface area contributed by atoms with Crippen LogP contribution in [-0.2, 0) is 0 Å². The monoisotopic (exact) mass is 257 g/mol. The van der Waals surface area contributed by atoms with E-state index in [9.17, 15) is 13.6 Å². The van der Waals surface area contributed by atoms with Crippen LogP contribution < -0.4 is 4.90 Å². The zero-order valence-corrected chi connectivity index (χ0v) is 9.57. The molecule has 0 unspecified atom stereocenters. The van der Waals surface area contributed by atoms with Crippen LogP contribution in [0.15, 0.2) is 24.8 Å². The van der Waals surface area contributed by atoms with Crippen LogP contribution in [0.4, 0.5) is 14.5 Å². The first-order chi connectivity index (χ1) is 8.52. The molecule has 0 aliphatic rings. The van der Waals surface area contributed by atoms with Crippen molar-refractivity contribution in [2.24, 2.45) is 0 Å². The Hall–Kier alpha value is -1.95. The topological polar surface area (TPSA) is 60.8 Å². The van der Waals surface area contributed by atoms with Crippen molar-refractivity contribution in [1.82, 2.24) is 0 Å². The molecule has 0 saturated carbocycles. The summed E-state index contributed by atoms with van der Waals surface area (Å²) < 4.78 is 27.2. The molecular weight excluding hydrogens is 244 g/mol. The third-order valence-corrected chi connectivity index (χ3v) is 2.35. The van der Waals surface area contributed by atoms with Gasteiger partial charge in [0.15, 0.2) is 11.6 Å². The summed E-state index contributed by atoms with van der Waals surface area (Å²) in [7, 11) is 0. The normalized spacial score (nSPS) is 10.2. The summed E-state index contributed by atoms with van der Waals surface area (Å²) in [6.07, 6.45) is 1.47. The van der Waals surface area contributed by atoms with E-state index in [0.717, 1.165) is 6.07 Å². The van der Waals surface area contributed by atoms with Crippen LogP contribution in [0.3, 0.4) is 0 Å². The lowest BCUT2D eigenvalue weighted by Crippen LogP contribution is -2.28. The Morgan fingerprint density at radius 2 is 2.06 bits per heavy atom. The summed E-state index contributed by atoms with van der Waals surface area (Å²) in [5.74, 6) is -4.19. The molecule has 1 aromatic carbocycles. The smallest absolute Gasteiger partial charge is 0.338 e. The summed E-state index contributed by atoms with van der Waals surface area (Å²) >= 11 is 0. The van der Waals surface area contributed by atoms with Crippen molar-refractivity contribution in [1.29, 1.82) is 0 Å². The Morgan fingerprint density at radius 3 is 2.56 bits per heavy atom. The Morgan fingerprint density at radius 1 is 1.39 bits per heavy atom. The van der Waals surface area contributed by atoms with Gasteiger partial charge in [0.1, 0.15) is 0 Å². The summed E-state index contributed by atoms with van der Waals surface area (Å²) in [5.41, 5.74) is -0.828. The first-order valence-corrected chi connectivity index (χ1v) is 5.21. The van der Waals surface area contributed by atoms with Gasteiger partial charge < -0.3 is 15.1 Å². The van der Waals surface area contributed by atoms with E-state index >= 15 is 0 Å². The molecule has 2 N–H and O–H groups in total. The highest BCUT2D eigenvalue weighted by Gasteiger charge is 2.20. The van der Waals surface area contributed by atoms with E-state index in [0.29, 0.717) is 0 Å². The Kier molecular flexibility index (Phi) is 4.79. The minimum atomic E-state index is -1.53. The van der Waals surface area contributed by atoms with Crippen molar-refractivity contribution in [3.05, 3.63) is 42.0 Å². The molecule has 0 amide bonds. The minimum Gasteiger partial charge on any atom is -0.478 e. The fourth-order valence-corrected chi connectivity index (χ4v) is 1.54. The summed E-state index contributed by atoms with van der Waals surface area (Å²) in [4.78, 5) is 12.0. The maximum Gasteiger partial charge on any atom is 0.338 e. The number of nitrogens with zero attached hydrogens (tertiary/aromatic N) is 1. The number of halogens is 2. The van der Waals surface area contributed by atoms with Gasteiger partial charge in [-0.1, -0.05) is 6.08 Å². The lowest BCUT2D eigenvalue weighted by molar-refractivity contribution is 0.0690. The second kappa shape index (κ2) is 6.11. The van der Waals surface area contributed by atoms with Gasteiger partial charge in [0.25, 0.3) is 0 Å². The molecule has 0 saturated heterocycles. The second-order valence-electron chi connectivity index (χ2n) is 3.52. The van der Waals surface area contributed by atoms with Gasteiger partial charge in [-0.05, 0) is 12.1 Å². The van der Waals surface area contributed by atoms with E-state index in [1.807, 2.05) is 0 Å². The SMILES string of the molecule is C=CCN(CCO)c1ccc(C(=O)O)c(F)c1F. The van der Waals surface area contributed by atoms with Crippen molar-refractivity contribution >= 4 is 11.7 Å². The lowest BCUT2D eigenvalue weighted by Gasteiger charge is -2.23. The number of rotatable bonds is 6. The van der Waals surface area contributed by atoms with Crippen molar-refractivity contribution in [2.45, 2.75) is 0 Å². The molecule has 0 fully saturated rings. The van der Waals surface area contributed by atoms with Crippen LogP contribution in [0.2, 0.25) is 0 Å². The van der Waals surface area contributed by atoms with Gasteiger partial charge in [0.05, 0.1) is 17.9 Å². The maximum absolute atomic E-state index is 13.7. The van der Waals surface area contributed by atoms with E-state index in [1.165, 1.54) is 17.0 Å². The predicted molar refractivity (Wildman–Crippen MR) is 62.8 cm³/mol. The maximum atomic E-state index is 13.7. The molecule has 1 aromatic rings. The third kappa shape index (κ3) is 2.84. The van der Waals surface area contributed by atoms with Crippen molar-refractivity contribution < 1.29 is 23.8 Å². The van der Waals surface area contributed by atoms with Crippen molar-refractivity contribution in [3.63, 3.8) is 0 Å². The summed E-state index contributed by atoms with van der Waals surface area (Å²) in [5, 5.41) is 17.5. The lowest BCUT2D eigenvalue weighted by atomic mass is 10.1. The number of hydrogen-bond donors (Lipinski definition) is 2. The van der Waals surface area contributed by atoms with Gasteiger partial charge in [-0.2, -0.15) is 0 Å². The molecule has 0 bridgehead atoms. The van der Waals surface area contributed by atoms with Crippen molar-refractivity contribution in [3.8, 4) is 0 Å². The number of hydrogen-bond acceptors (Lipinski definition) is 3. The Labute approximate surface area is 103 Å². The first kappa shape index (κ1) is 14.1. The van der Waals surface area contributed by atoms with Gasteiger partial charge >= 0.3 is 5.97 Å². The summed E-state index contributed by atoms with van der Waals surface area (Å²) in [6, 6.07) is 2.16. The zero-order chi connectivity index (χ0) is 13.7. The van der Waals surface area contributed by atoms with Gasteiger partial charge in [-0.25, -0.2) is 13.6 Å². The zero-order valence-electron chi connectivity index (χ0n) is 9.57. The molecule has 0 aliphatic carbocycles. The summed E-state index contributed by atoms with van der Waals surface area (Å²) in [6.45, 7) is 3.54. The number of benzene rings is 1. The van der Waals surface area contributed by atoms with Crippen LogP contribution in [0, 0.1) is 11.6 Å². The first-order valence-electron chi connectivity index (χ1n) is 5.21. The third-order valence-electron chi connectivity index (χ3n) is 2.35. The molecule has 0 radical (unpaired) electrons. The molecular formula is C12H13F2NO3. The quantitative estimate of drug-likeness (QED) is 0.761. The fourth-order valence-electron chi connectivity index (χ4n) is 1.54.